The molecule has 3 nitrogen and oxygen atoms in total. The van der Waals surface area contributed by atoms with E-state index in [1.54, 1.807) is 23.9 Å². The summed E-state index contributed by atoms with van der Waals surface area (Å²) in [6.07, 6.45) is 1.99. The molecule has 8 heteroatoms. The largest absolute Gasteiger partial charge is 0.381 e. The molecule has 27 heavy (non-hydrogen) atoms. The van der Waals surface area contributed by atoms with Gasteiger partial charge in [-0.15, -0.1) is 11.8 Å². The highest BCUT2D eigenvalue weighted by molar-refractivity contribution is 7.99. The van der Waals surface area contributed by atoms with Crippen molar-refractivity contribution in [1.82, 2.24) is 0 Å². The van der Waals surface area contributed by atoms with Crippen LogP contribution in [0.25, 0.3) is 0 Å². The van der Waals surface area contributed by atoms with Crippen molar-refractivity contribution >= 4 is 35.0 Å². The number of ether oxygens (including phenoxy) is 1. The molecule has 3 rings (SSSR count). The van der Waals surface area contributed by atoms with Crippen molar-refractivity contribution in [2.45, 2.75) is 17.7 Å². The average molecular weight is 416 g/mol. The van der Waals surface area contributed by atoms with Crippen LogP contribution in [0.1, 0.15) is 23.2 Å². The average Bonchev–Trinajstić information content (AvgIpc) is 2.66. The number of rotatable bonds is 5. The number of nitrogens with one attached hydrogen (secondary N) is 1. The molecule has 144 valence electrons. The molecular formula is C19H17ClF3NO2S. The van der Waals surface area contributed by atoms with Crippen LogP contribution < -0.4 is 5.32 Å². The molecule has 0 unspecified atom stereocenters. The van der Waals surface area contributed by atoms with Crippen LogP contribution in [0.2, 0.25) is 5.02 Å². The van der Waals surface area contributed by atoms with Gasteiger partial charge in [0.15, 0.2) is 17.5 Å². The van der Waals surface area contributed by atoms with Gasteiger partial charge in [-0.05, 0) is 37.0 Å². The van der Waals surface area contributed by atoms with E-state index >= 15 is 0 Å². The zero-order valence-corrected chi connectivity index (χ0v) is 15.8. The molecule has 0 bridgehead atoms. The van der Waals surface area contributed by atoms with Crippen LogP contribution in [0, 0.1) is 23.4 Å². The quantitative estimate of drug-likeness (QED) is 0.515. The van der Waals surface area contributed by atoms with E-state index in [2.05, 4.69) is 5.32 Å². The maximum atomic E-state index is 13.3. The van der Waals surface area contributed by atoms with E-state index in [4.69, 9.17) is 16.3 Å². The van der Waals surface area contributed by atoms with Gasteiger partial charge >= 0.3 is 0 Å². The molecule has 0 aromatic heterocycles. The fraction of sp³-hybridized carbons (Fsp3) is 0.316. The number of thioether (sulfide) groups is 1. The van der Waals surface area contributed by atoms with Gasteiger partial charge < -0.3 is 10.1 Å². The molecule has 1 amide bonds. The lowest BCUT2D eigenvalue weighted by Gasteiger charge is -2.21. The number of benzene rings is 2. The third-order valence-corrected chi connectivity index (χ3v) is 5.98. The maximum Gasteiger partial charge on any atom is 0.255 e. The SMILES string of the molecule is O=C(Nc1cc(F)c(F)c(F)c1)c1ccc(Cl)c(SCC2CCOCC2)c1. The van der Waals surface area contributed by atoms with E-state index in [-0.39, 0.29) is 5.69 Å². The molecule has 1 saturated heterocycles. The number of carbonyl (C=O) groups is 1. The predicted octanol–water partition coefficient (Wildman–Crippen LogP) is 5.53. The molecule has 0 atom stereocenters. The Hall–Kier alpha value is -1.70. The Bertz CT molecular complexity index is 821. The first-order valence-electron chi connectivity index (χ1n) is 8.40. The highest BCUT2D eigenvalue weighted by atomic mass is 35.5. The first-order chi connectivity index (χ1) is 12.9. The molecule has 2 aromatic carbocycles. The summed E-state index contributed by atoms with van der Waals surface area (Å²) in [5, 5.41) is 2.89. The Morgan fingerprint density at radius 3 is 2.48 bits per heavy atom. The van der Waals surface area contributed by atoms with Crippen molar-refractivity contribution in [1.29, 1.82) is 0 Å². The second kappa shape index (κ2) is 8.99. The van der Waals surface area contributed by atoms with E-state index in [1.165, 1.54) is 6.07 Å². The number of anilines is 1. The lowest BCUT2D eigenvalue weighted by atomic mass is 10.0. The first kappa shape index (κ1) is 20.0. The minimum Gasteiger partial charge on any atom is -0.381 e. The van der Waals surface area contributed by atoms with Crippen LogP contribution in [-0.2, 0) is 4.74 Å². The van der Waals surface area contributed by atoms with Crippen molar-refractivity contribution in [3.05, 3.63) is 58.4 Å². The van der Waals surface area contributed by atoms with Crippen LogP contribution >= 0.6 is 23.4 Å². The summed E-state index contributed by atoms with van der Waals surface area (Å²) in [4.78, 5) is 13.1. The molecule has 1 heterocycles. The number of hydrogen-bond donors (Lipinski definition) is 1. The summed E-state index contributed by atoms with van der Waals surface area (Å²) in [6, 6.07) is 6.22. The van der Waals surface area contributed by atoms with E-state index in [0.717, 1.165) is 48.8 Å². The summed E-state index contributed by atoms with van der Waals surface area (Å²) < 4.78 is 44.9. The highest BCUT2D eigenvalue weighted by Gasteiger charge is 2.17. The van der Waals surface area contributed by atoms with Crippen molar-refractivity contribution in [3.8, 4) is 0 Å². The summed E-state index contributed by atoms with van der Waals surface area (Å²) in [5.74, 6) is -3.48. The number of hydrogen-bond acceptors (Lipinski definition) is 3. The number of amides is 1. The maximum absolute atomic E-state index is 13.3. The highest BCUT2D eigenvalue weighted by Crippen LogP contribution is 2.32. The van der Waals surface area contributed by atoms with Crippen LogP contribution in [0.15, 0.2) is 35.2 Å². The topological polar surface area (TPSA) is 38.3 Å². The van der Waals surface area contributed by atoms with Crippen molar-refractivity contribution < 1.29 is 22.7 Å². The fourth-order valence-electron chi connectivity index (χ4n) is 2.71. The van der Waals surface area contributed by atoms with Crippen molar-refractivity contribution in [2.24, 2.45) is 5.92 Å². The van der Waals surface area contributed by atoms with Gasteiger partial charge in [0, 0.05) is 47.2 Å². The molecule has 0 saturated carbocycles. The van der Waals surface area contributed by atoms with Gasteiger partial charge in [0.25, 0.3) is 5.91 Å². The summed E-state index contributed by atoms with van der Waals surface area (Å²) in [7, 11) is 0. The van der Waals surface area contributed by atoms with Crippen LogP contribution in [-0.4, -0.2) is 24.9 Å². The second-order valence-corrected chi connectivity index (χ2v) is 7.69. The third-order valence-electron chi connectivity index (χ3n) is 4.25. The summed E-state index contributed by atoms with van der Waals surface area (Å²) in [6.45, 7) is 1.51. The molecule has 1 fully saturated rings. The molecule has 1 aliphatic heterocycles. The first-order valence-corrected chi connectivity index (χ1v) is 9.76. The zero-order valence-electron chi connectivity index (χ0n) is 14.2. The van der Waals surface area contributed by atoms with Gasteiger partial charge in [-0.25, -0.2) is 13.2 Å². The van der Waals surface area contributed by atoms with Crippen LogP contribution in [0.3, 0.4) is 0 Å². The Kier molecular flexibility index (Phi) is 6.68. The predicted molar refractivity (Wildman–Crippen MR) is 100.0 cm³/mol. The number of carbonyl (C=O) groups excluding carboxylic acids is 1. The smallest absolute Gasteiger partial charge is 0.255 e. The number of halogens is 4. The van der Waals surface area contributed by atoms with E-state index in [1.807, 2.05) is 0 Å². The Morgan fingerprint density at radius 1 is 1.15 bits per heavy atom. The van der Waals surface area contributed by atoms with Crippen molar-refractivity contribution in [3.63, 3.8) is 0 Å². The van der Waals surface area contributed by atoms with Gasteiger partial charge in [-0.2, -0.15) is 0 Å². The van der Waals surface area contributed by atoms with Crippen LogP contribution in [0.4, 0.5) is 18.9 Å². The summed E-state index contributed by atoms with van der Waals surface area (Å²) in [5.41, 5.74) is 0.127. The Balaban J connectivity index is 1.69. The Morgan fingerprint density at radius 2 is 1.81 bits per heavy atom. The van der Waals surface area contributed by atoms with E-state index < -0.39 is 23.4 Å². The molecular weight excluding hydrogens is 399 g/mol. The molecule has 0 radical (unpaired) electrons. The molecule has 1 aliphatic rings. The van der Waals surface area contributed by atoms with E-state index in [9.17, 15) is 18.0 Å². The molecule has 1 N–H and O–H groups in total. The fourth-order valence-corrected chi connectivity index (χ4v) is 4.15. The molecule has 2 aromatic rings. The third kappa shape index (κ3) is 5.18. The van der Waals surface area contributed by atoms with Gasteiger partial charge in [-0.1, -0.05) is 11.6 Å². The minimum atomic E-state index is -1.58. The Labute approximate surface area is 164 Å². The second-order valence-electron chi connectivity index (χ2n) is 6.22. The van der Waals surface area contributed by atoms with Crippen molar-refractivity contribution in [2.75, 3.05) is 24.3 Å². The lowest BCUT2D eigenvalue weighted by molar-refractivity contribution is 0.0728. The molecule has 0 spiro atoms. The van der Waals surface area contributed by atoms with Gasteiger partial charge in [0.2, 0.25) is 0 Å². The molecule has 0 aliphatic carbocycles. The van der Waals surface area contributed by atoms with Gasteiger partial charge in [0.1, 0.15) is 0 Å². The lowest BCUT2D eigenvalue weighted by Crippen LogP contribution is -2.17. The van der Waals surface area contributed by atoms with Gasteiger partial charge in [-0.3, -0.25) is 4.79 Å². The monoisotopic (exact) mass is 415 g/mol. The normalized spacial score (nSPS) is 15.0. The zero-order chi connectivity index (χ0) is 19.4. The standard InChI is InChI=1S/C19H17ClF3NO2S/c20-14-2-1-12(7-17(14)27-10-11-3-5-26-6-4-11)19(25)24-13-8-15(21)18(23)16(22)9-13/h1-2,7-9,11H,3-6,10H2,(H,24,25). The van der Waals surface area contributed by atoms with Crippen LogP contribution in [0.5, 0.6) is 0 Å². The summed E-state index contributed by atoms with van der Waals surface area (Å²) >= 11 is 7.78. The van der Waals surface area contributed by atoms with Gasteiger partial charge in [0.05, 0.1) is 5.02 Å². The minimum absolute atomic E-state index is 0.164. The van der Waals surface area contributed by atoms with E-state index in [0.29, 0.717) is 16.5 Å².